The van der Waals surface area contributed by atoms with Gasteiger partial charge in [-0.25, -0.2) is 8.42 Å². The Hall–Kier alpha value is -2.01. The van der Waals surface area contributed by atoms with E-state index in [1.165, 1.54) is 12.1 Å². The van der Waals surface area contributed by atoms with E-state index in [-0.39, 0.29) is 17.2 Å². The maximum atomic E-state index is 12.1. The first-order valence-corrected chi connectivity index (χ1v) is 7.63. The predicted molar refractivity (Wildman–Crippen MR) is 70.5 cm³/mol. The molecule has 5 heteroatoms. The predicted octanol–water partition coefficient (Wildman–Crippen LogP) is 1.26. The van der Waals surface area contributed by atoms with Crippen LogP contribution in [0.4, 0.5) is 0 Å². The van der Waals surface area contributed by atoms with Crippen molar-refractivity contribution in [1.82, 2.24) is 0 Å². The number of benzene rings is 1. The first kappa shape index (κ1) is 13.4. The molecule has 4 nitrogen and oxygen atoms in total. The number of rotatable bonds is 4. The van der Waals surface area contributed by atoms with Crippen molar-refractivity contribution in [2.45, 2.75) is 11.4 Å². The number of carbonyl (C=O) groups excluding carboxylic acids is 1. The standard InChI is InChI=1S/C14H14NO3S/c1-19(17,18)13-7-5-6-12(10-13)14(16)11-15-8-3-2-4-9-15/h2-10H,11H2,1H3/q+1. The van der Waals surface area contributed by atoms with Crippen LogP contribution in [0.3, 0.4) is 0 Å². The second kappa shape index (κ2) is 5.32. The van der Waals surface area contributed by atoms with Crippen molar-refractivity contribution < 1.29 is 17.8 Å². The van der Waals surface area contributed by atoms with E-state index in [1.54, 1.807) is 29.1 Å². The third-order valence-corrected chi connectivity index (χ3v) is 3.80. The maximum absolute atomic E-state index is 12.1. The summed E-state index contributed by atoms with van der Waals surface area (Å²) in [5.74, 6) is -0.123. The third-order valence-electron chi connectivity index (χ3n) is 2.69. The van der Waals surface area contributed by atoms with Crippen LogP contribution in [-0.2, 0) is 16.4 Å². The third kappa shape index (κ3) is 3.48. The number of pyridine rings is 1. The lowest BCUT2D eigenvalue weighted by atomic mass is 10.1. The number of Topliss-reactive ketones (excluding diaryl/α,β-unsaturated/α-hetero) is 1. The molecule has 0 radical (unpaired) electrons. The first-order chi connectivity index (χ1) is 8.97. The molecular formula is C14H14NO3S+. The van der Waals surface area contributed by atoms with Crippen LogP contribution in [-0.4, -0.2) is 20.5 Å². The Bertz CT molecular complexity index is 694. The van der Waals surface area contributed by atoms with Gasteiger partial charge in [0.05, 0.1) is 4.90 Å². The topological polar surface area (TPSA) is 55.1 Å². The molecule has 0 bridgehead atoms. The zero-order valence-electron chi connectivity index (χ0n) is 10.5. The van der Waals surface area contributed by atoms with Gasteiger partial charge in [-0.3, -0.25) is 4.79 Å². The highest BCUT2D eigenvalue weighted by molar-refractivity contribution is 7.90. The van der Waals surface area contributed by atoms with Gasteiger partial charge in [0.25, 0.3) is 0 Å². The molecule has 0 amide bonds. The van der Waals surface area contributed by atoms with Gasteiger partial charge in [0.2, 0.25) is 12.3 Å². The van der Waals surface area contributed by atoms with Crippen molar-refractivity contribution in [1.29, 1.82) is 0 Å². The summed E-state index contributed by atoms with van der Waals surface area (Å²) in [6.45, 7) is 0.189. The molecule has 0 aliphatic heterocycles. The van der Waals surface area contributed by atoms with Crippen LogP contribution in [0.15, 0.2) is 59.8 Å². The smallest absolute Gasteiger partial charge is 0.227 e. The van der Waals surface area contributed by atoms with Gasteiger partial charge >= 0.3 is 0 Å². The Kier molecular flexibility index (Phi) is 3.76. The number of aromatic nitrogens is 1. The van der Waals surface area contributed by atoms with Crippen LogP contribution in [0.1, 0.15) is 10.4 Å². The lowest BCUT2D eigenvalue weighted by Crippen LogP contribution is -2.36. The van der Waals surface area contributed by atoms with Crippen LogP contribution in [0, 0.1) is 0 Å². The van der Waals surface area contributed by atoms with Crippen LogP contribution in [0.25, 0.3) is 0 Å². The fraction of sp³-hybridized carbons (Fsp3) is 0.143. The monoisotopic (exact) mass is 276 g/mol. The first-order valence-electron chi connectivity index (χ1n) is 5.74. The van der Waals surface area contributed by atoms with Crippen LogP contribution in [0.2, 0.25) is 0 Å². The van der Waals surface area contributed by atoms with Crippen molar-refractivity contribution in [3.05, 3.63) is 60.4 Å². The molecule has 2 aromatic rings. The fourth-order valence-electron chi connectivity index (χ4n) is 1.70. The van der Waals surface area contributed by atoms with E-state index in [2.05, 4.69) is 0 Å². The van der Waals surface area contributed by atoms with Gasteiger partial charge in [0, 0.05) is 24.0 Å². The average Bonchev–Trinajstić information content (AvgIpc) is 2.39. The summed E-state index contributed by atoms with van der Waals surface area (Å²) in [7, 11) is -3.29. The van der Waals surface area contributed by atoms with Crippen LogP contribution in [0.5, 0.6) is 0 Å². The fourth-order valence-corrected chi connectivity index (χ4v) is 2.36. The summed E-state index contributed by atoms with van der Waals surface area (Å²) in [5.41, 5.74) is 0.402. The second-order valence-corrected chi connectivity index (χ2v) is 6.29. The molecule has 0 saturated carbocycles. The molecule has 0 N–H and O–H groups in total. The molecule has 0 unspecified atom stereocenters. The minimum absolute atomic E-state index is 0.123. The molecular weight excluding hydrogens is 262 g/mol. The Labute approximate surface area is 112 Å². The summed E-state index contributed by atoms with van der Waals surface area (Å²) in [5, 5.41) is 0. The van der Waals surface area contributed by atoms with Crippen molar-refractivity contribution in [3.63, 3.8) is 0 Å². The highest BCUT2D eigenvalue weighted by Gasteiger charge is 2.14. The van der Waals surface area contributed by atoms with Crippen molar-refractivity contribution in [2.75, 3.05) is 6.26 Å². The van der Waals surface area contributed by atoms with Gasteiger partial charge in [-0.15, -0.1) is 0 Å². The molecule has 19 heavy (non-hydrogen) atoms. The minimum atomic E-state index is -3.29. The van der Waals surface area contributed by atoms with E-state index in [4.69, 9.17) is 0 Å². The molecule has 0 aliphatic carbocycles. The number of hydrogen-bond acceptors (Lipinski definition) is 3. The molecule has 1 heterocycles. The number of carbonyl (C=O) groups is 1. The SMILES string of the molecule is CS(=O)(=O)c1cccc(C(=O)C[n+]2ccccc2)c1. The lowest BCUT2D eigenvalue weighted by Gasteiger charge is -2.01. The highest BCUT2D eigenvalue weighted by Crippen LogP contribution is 2.11. The van der Waals surface area contributed by atoms with E-state index in [9.17, 15) is 13.2 Å². The van der Waals surface area contributed by atoms with Crippen LogP contribution < -0.4 is 4.57 Å². The quantitative estimate of drug-likeness (QED) is 0.624. The molecule has 0 atom stereocenters. The highest BCUT2D eigenvalue weighted by atomic mass is 32.2. The number of hydrogen-bond donors (Lipinski definition) is 0. The van der Waals surface area contributed by atoms with Gasteiger partial charge in [-0.1, -0.05) is 18.2 Å². The Morgan fingerprint density at radius 3 is 2.42 bits per heavy atom. The summed E-state index contributed by atoms with van der Waals surface area (Å²) in [4.78, 5) is 12.2. The summed E-state index contributed by atoms with van der Waals surface area (Å²) >= 11 is 0. The van der Waals surface area contributed by atoms with Gasteiger partial charge in [0.15, 0.2) is 22.2 Å². The average molecular weight is 276 g/mol. The summed E-state index contributed by atoms with van der Waals surface area (Å²) < 4.78 is 24.6. The minimum Gasteiger partial charge on any atom is -0.287 e. The number of nitrogens with zero attached hydrogens (tertiary/aromatic N) is 1. The van der Waals surface area contributed by atoms with E-state index < -0.39 is 9.84 Å². The molecule has 1 aromatic heterocycles. The molecule has 0 saturated heterocycles. The van der Waals surface area contributed by atoms with E-state index in [1.807, 2.05) is 18.2 Å². The summed E-state index contributed by atoms with van der Waals surface area (Å²) in [6.07, 6.45) is 4.71. The lowest BCUT2D eigenvalue weighted by molar-refractivity contribution is -0.683. The largest absolute Gasteiger partial charge is 0.287 e. The van der Waals surface area contributed by atoms with Gasteiger partial charge in [-0.05, 0) is 12.1 Å². The molecule has 0 aliphatic rings. The molecule has 1 aromatic carbocycles. The number of ketones is 1. The van der Waals surface area contributed by atoms with E-state index in [0.717, 1.165) is 6.26 Å². The van der Waals surface area contributed by atoms with Crippen molar-refractivity contribution in [3.8, 4) is 0 Å². The second-order valence-electron chi connectivity index (χ2n) is 4.27. The number of sulfone groups is 1. The zero-order chi connectivity index (χ0) is 13.9. The normalized spacial score (nSPS) is 11.2. The van der Waals surface area contributed by atoms with E-state index in [0.29, 0.717) is 5.56 Å². The van der Waals surface area contributed by atoms with Crippen molar-refractivity contribution >= 4 is 15.6 Å². The summed E-state index contributed by atoms with van der Waals surface area (Å²) in [6, 6.07) is 11.6. The van der Waals surface area contributed by atoms with Crippen LogP contribution >= 0.6 is 0 Å². The van der Waals surface area contributed by atoms with Gasteiger partial charge in [0.1, 0.15) is 0 Å². The zero-order valence-corrected chi connectivity index (χ0v) is 11.3. The Balaban J connectivity index is 2.25. The molecule has 2 rings (SSSR count). The molecule has 0 spiro atoms. The Morgan fingerprint density at radius 2 is 1.79 bits per heavy atom. The van der Waals surface area contributed by atoms with Gasteiger partial charge in [-0.2, -0.15) is 4.57 Å². The molecule has 0 fully saturated rings. The molecule has 98 valence electrons. The van der Waals surface area contributed by atoms with Crippen molar-refractivity contribution in [2.24, 2.45) is 0 Å². The maximum Gasteiger partial charge on any atom is 0.227 e. The van der Waals surface area contributed by atoms with Gasteiger partial charge < -0.3 is 0 Å². The Morgan fingerprint density at radius 1 is 1.11 bits per heavy atom. The van der Waals surface area contributed by atoms with E-state index >= 15 is 0 Å².